The number of nitrogen functional groups attached to an aromatic ring is 1. The van der Waals surface area contributed by atoms with E-state index in [4.69, 9.17) is 5.73 Å². The molecule has 0 atom stereocenters. The summed E-state index contributed by atoms with van der Waals surface area (Å²) in [4.78, 5) is 16.1. The van der Waals surface area contributed by atoms with Crippen LogP contribution in [0.1, 0.15) is 27.9 Å². The van der Waals surface area contributed by atoms with E-state index in [9.17, 15) is 4.79 Å². The minimum Gasteiger partial charge on any atom is -0.368 e. The second-order valence-electron chi connectivity index (χ2n) is 4.55. The molecule has 3 rings (SSSR count). The highest BCUT2D eigenvalue weighted by atomic mass is 32.2. The number of H-pyrrole nitrogens is 1. The second-order valence-corrected chi connectivity index (χ2v) is 5.49. The van der Waals surface area contributed by atoms with Crippen molar-refractivity contribution in [1.29, 1.82) is 0 Å². The van der Waals surface area contributed by atoms with E-state index < -0.39 is 0 Å². The average molecular weight is 274 g/mol. The zero-order chi connectivity index (χ0) is 13.2. The molecule has 1 aliphatic rings. The van der Waals surface area contributed by atoms with Crippen LogP contribution in [0.5, 0.6) is 0 Å². The molecule has 3 N–H and O–H groups in total. The Morgan fingerprint density at radius 1 is 1.37 bits per heavy atom. The van der Waals surface area contributed by atoms with E-state index in [0.717, 1.165) is 18.4 Å². The number of nitrogens with zero attached hydrogens (tertiary/aromatic N) is 2. The van der Waals surface area contributed by atoms with E-state index in [1.54, 1.807) is 0 Å². The lowest BCUT2D eigenvalue weighted by Crippen LogP contribution is -2.03. The number of rotatable bonds is 4. The molecule has 0 radical (unpaired) electrons. The number of fused-ring (bicyclic) bond motifs is 1. The molecular formula is C13H14N4OS. The number of carbonyl (C=O) groups is 1. The number of hydrogen-bond acceptors (Lipinski definition) is 5. The summed E-state index contributed by atoms with van der Waals surface area (Å²) in [5.41, 5.74) is 8.90. The molecule has 0 saturated heterocycles. The van der Waals surface area contributed by atoms with Crippen LogP contribution in [-0.2, 0) is 12.8 Å². The number of ketones is 1. The van der Waals surface area contributed by atoms with E-state index in [0.29, 0.717) is 10.9 Å². The quantitative estimate of drug-likeness (QED) is 0.656. The summed E-state index contributed by atoms with van der Waals surface area (Å²) in [6.07, 6.45) is 3.41. The van der Waals surface area contributed by atoms with E-state index in [2.05, 4.69) is 21.2 Å². The number of aromatic amines is 1. The van der Waals surface area contributed by atoms with E-state index >= 15 is 0 Å². The molecule has 1 aromatic carbocycles. The lowest BCUT2D eigenvalue weighted by molar-refractivity contribution is 0.102. The van der Waals surface area contributed by atoms with E-state index in [1.807, 2.05) is 12.1 Å². The van der Waals surface area contributed by atoms with Gasteiger partial charge in [0, 0.05) is 5.56 Å². The number of aromatic nitrogens is 3. The number of hydrogen-bond donors (Lipinski definition) is 2. The molecule has 0 saturated carbocycles. The molecule has 0 bridgehead atoms. The first-order valence-electron chi connectivity index (χ1n) is 6.18. The molecule has 6 heteroatoms. The van der Waals surface area contributed by atoms with Crippen LogP contribution >= 0.6 is 11.8 Å². The number of aryl methyl sites for hydroxylation is 2. The summed E-state index contributed by atoms with van der Waals surface area (Å²) in [6.45, 7) is 0. The monoisotopic (exact) mass is 274 g/mol. The van der Waals surface area contributed by atoms with Gasteiger partial charge in [-0.2, -0.15) is 4.98 Å². The van der Waals surface area contributed by atoms with Crippen LogP contribution in [0.25, 0.3) is 0 Å². The summed E-state index contributed by atoms with van der Waals surface area (Å²) >= 11 is 1.29. The van der Waals surface area contributed by atoms with Gasteiger partial charge in [0.15, 0.2) is 5.78 Å². The zero-order valence-corrected chi connectivity index (χ0v) is 11.2. The van der Waals surface area contributed by atoms with Gasteiger partial charge in [-0.1, -0.05) is 23.9 Å². The molecular weight excluding hydrogens is 260 g/mol. The van der Waals surface area contributed by atoms with Gasteiger partial charge in [-0.25, -0.2) is 5.10 Å². The van der Waals surface area contributed by atoms with Crippen molar-refractivity contribution in [2.45, 2.75) is 24.4 Å². The maximum absolute atomic E-state index is 12.1. The van der Waals surface area contributed by atoms with Gasteiger partial charge in [-0.3, -0.25) is 4.79 Å². The number of nitrogens with two attached hydrogens (primary N) is 1. The van der Waals surface area contributed by atoms with Gasteiger partial charge in [0.25, 0.3) is 0 Å². The summed E-state index contributed by atoms with van der Waals surface area (Å²) < 4.78 is 0. The molecule has 0 amide bonds. The fourth-order valence-electron chi connectivity index (χ4n) is 2.28. The van der Waals surface area contributed by atoms with Crippen molar-refractivity contribution in [1.82, 2.24) is 15.2 Å². The fourth-order valence-corrected chi connectivity index (χ4v) is 2.98. The number of Topliss-reactive ketones (excluding diaryl/α,β-unsaturated/α-hetero) is 1. The summed E-state index contributed by atoms with van der Waals surface area (Å²) in [5.74, 6) is 0.700. The average Bonchev–Trinajstić information content (AvgIpc) is 3.03. The predicted molar refractivity (Wildman–Crippen MR) is 74.3 cm³/mol. The van der Waals surface area contributed by atoms with Crippen LogP contribution in [0.15, 0.2) is 23.4 Å². The van der Waals surface area contributed by atoms with Crippen molar-refractivity contribution < 1.29 is 4.79 Å². The van der Waals surface area contributed by atoms with Crippen LogP contribution in [0, 0.1) is 0 Å². The van der Waals surface area contributed by atoms with Crippen LogP contribution in [-0.4, -0.2) is 26.7 Å². The Bertz CT molecular complexity index is 623. The molecule has 5 nitrogen and oxygen atoms in total. The first-order chi connectivity index (χ1) is 9.22. The van der Waals surface area contributed by atoms with Gasteiger partial charge in [0.2, 0.25) is 11.1 Å². The highest BCUT2D eigenvalue weighted by molar-refractivity contribution is 7.99. The normalized spacial score (nSPS) is 13.5. The third kappa shape index (κ3) is 2.63. The second kappa shape index (κ2) is 5.05. The molecule has 1 aromatic heterocycles. The number of carbonyl (C=O) groups excluding carboxylic acids is 1. The Balaban J connectivity index is 1.67. The molecule has 98 valence electrons. The number of thioether (sulfide) groups is 1. The highest BCUT2D eigenvalue weighted by Gasteiger charge is 2.14. The molecule has 2 aromatic rings. The van der Waals surface area contributed by atoms with Crippen molar-refractivity contribution in [2.24, 2.45) is 0 Å². The SMILES string of the molecule is Nc1nc(SCC(=O)c2ccc3c(c2)CCC3)n[nH]1. The Morgan fingerprint density at radius 3 is 3.00 bits per heavy atom. The van der Waals surface area contributed by atoms with E-state index in [1.165, 1.54) is 29.3 Å². The van der Waals surface area contributed by atoms with Gasteiger partial charge >= 0.3 is 0 Å². The molecule has 1 heterocycles. The van der Waals surface area contributed by atoms with Crippen molar-refractivity contribution in [2.75, 3.05) is 11.5 Å². The molecule has 19 heavy (non-hydrogen) atoms. The maximum atomic E-state index is 12.1. The van der Waals surface area contributed by atoms with Gasteiger partial charge in [-0.05, 0) is 36.5 Å². The van der Waals surface area contributed by atoms with Gasteiger partial charge < -0.3 is 5.73 Å². The Kier molecular flexibility index (Phi) is 3.25. The Morgan fingerprint density at radius 2 is 2.21 bits per heavy atom. The first kappa shape index (κ1) is 12.2. The Hall–Kier alpha value is -1.82. The number of nitrogens with one attached hydrogen (secondary N) is 1. The summed E-state index contributed by atoms with van der Waals surface area (Å²) in [6, 6.07) is 6.02. The van der Waals surface area contributed by atoms with Gasteiger partial charge in [-0.15, -0.1) is 5.10 Å². The highest BCUT2D eigenvalue weighted by Crippen LogP contribution is 2.24. The molecule has 0 unspecified atom stereocenters. The fraction of sp³-hybridized carbons (Fsp3) is 0.308. The largest absolute Gasteiger partial charge is 0.368 e. The predicted octanol–water partition coefficient (Wildman–Crippen LogP) is 1.85. The third-order valence-electron chi connectivity index (χ3n) is 3.24. The van der Waals surface area contributed by atoms with Crippen molar-refractivity contribution >= 4 is 23.5 Å². The van der Waals surface area contributed by atoms with Crippen LogP contribution in [0.2, 0.25) is 0 Å². The molecule has 0 aliphatic heterocycles. The first-order valence-corrected chi connectivity index (χ1v) is 7.16. The van der Waals surface area contributed by atoms with E-state index in [-0.39, 0.29) is 11.7 Å². The standard InChI is InChI=1S/C13H14N4OS/c14-12-15-13(17-16-12)19-7-11(18)10-5-4-8-2-1-3-9(8)6-10/h4-6H,1-3,7H2,(H3,14,15,16,17). The molecule has 0 spiro atoms. The minimum absolute atomic E-state index is 0.100. The Labute approximate surface area is 115 Å². The summed E-state index contributed by atoms with van der Waals surface area (Å²) in [5, 5.41) is 6.95. The minimum atomic E-state index is 0.100. The van der Waals surface area contributed by atoms with Gasteiger partial charge in [0.05, 0.1) is 5.75 Å². The lowest BCUT2D eigenvalue weighted by Gasteiger charge is -2.03. The number of benzene rings is 1. The topological polar surface area (TPSA) is 84.7 Å². The number of anilines is 1. The molecule has 1 aliphatic carbocycles. The lowest BCUT2D eigenvalue weighted by atomic mass is 10.0. The molecule has 0 fully saturated rings. The van der Waals surface area contributed by atoms with Crippen LogP contribution < -0.4 is 5.73 Å². The summed E-state index contributed by atoms with van der Waals surface area (Å²) in [7, 11) is 0. The van der Waals surface area contributed by atoms with Crippen molar-refractivity contribution in [3.63, 3.8) is 0 Å². The van der Waals surface area contributed by atoms with Gasteiger partial charge in [0.1, 0.15) is 0 Å². The third-order valence-corrected chi connectivity index (χ3v) is 4.08. The maximum Gasteiger partial charge on any atom is 0.216 e. The van der Waals surface area contributed by atoms with Crippen LogP contribution in [0.4, 0.5) is 5.95 Å². The van der Waals surface area contributed by atoms with Crippen molar-refractivity contribution in [3.8, 4) is 0 Å². The van der Waals surface area contributed by atoms with Crippen LogP contribution in [0.3, 0.4) is 0 Å². The zero-order valence-electron chi connectivity index (χ0n) is 10.3. The van der Waals surface area contributed by atoms with Crippen molar-refractivity contribution in [3.05, 3.63) is 34.9 Å². The smallest absolute Gasteiger partial charge is 0.216 e.